The third-order valence-corrected chi connectivity index (χ3v) is 4.70. The molecule has 6 nitrogen and oxygen atoms in total. The number of quaternary nitrogens is 1. The number of carbonyl (C=O) groups excluding carboxylic acids is 2. The second-order valence-corrected chi connectivity index (χ2v) is 7.12. The lowest BCUT2D eigenvalue weighted by molar-refractivity contribution is -0.692. The average Bonchev–Trinajstić information content (AvgIpc) is 3.09. The Labute approximate surface area is 163 Å². The quantitative estimate of drug-likeness (QED) is 0.716. The van der Waals surface area contributed by atoms with E-state index in [9.17, 15) is 14.0 Å². The molecule has 0 aliphatic carbocycles. The molecule has 3 rings (SSSR count). The van der Waals surface area contributed by atoms with Crippen LogP contribution in [0, 0.1) is 11.7 Å². The van der Waals surface area contributed by atoms with Crippen molar-refractivity contribution in [3.05, 3.63) is 53.3 Å². The number of halogens is 1. The van der Waals surface area contributed by atoms with Gasteiger partial charge in [0.25, 0.3) is 5.91 Å². The molecule has 1 heterocycles. The lowest BCUT2D eigenvalue weighted by Gasteiger charge is -2.19. The highest BCUT2D eigenvalue weighted by Crippen LogP contribution is 2.37. The molecule has 0 saturated carbocycles. The Hall–Kier alpha value is -2.93. The van der Waals surface area contributed by atoms with E-state index in [2.05, 4.69) is 5.32 Å². The number of hydrogen-bond donors (Lipinski definition) is 2. The standard InChI is InChI=1S/C21H23FN2O4/c1-12(2)21(14-4-6-15(22)7-5-14)23-10-20(26)24-17-9-19-18(27-11-28-19)8-16(17)13(3)25/h4-9,12,21,23H,10-11H2,1-3H3,(H,24,26)/p+1/t21-/m0/s1. The van der Waals surface area contributed by atoms with E-state index in [0.717, 1.165) is 5.56 Å². The third kappa shape index (κ3) is 4.48. The first kappa shape index (κ1) is 19.8. The normalized spacial score (nSPS) is 13.5. The van der Waals surface area contributed by atoms with E-state index in [0.29, 0.717) is 22.7 Å². The molecule has 0 radical (unpaired) electrons. The summed E-state index contributed by atoms with van der Waals surface area (Å²) < 4.78 is 23.8. The van der Waals surface area contributed by atoms with Gasteiger partial charge in [-0.25, -0.2) is 4.39 Å². The maximum atomic E-state index is 13.2. The summed E-state index contributed by atoms with van der Waals surface area (Å²) in [5, 5.41) is 4.70. The van der Waals surface area contributed by atoms with Crippen LogP contribution in [0.4, 0.5) is 10.1 Å². The minimum absolute atomic E-state index is 0.00961. The van der Waals surface area contributed by atoms with Crippen LogP contribution in [-0.4, -0.2) is 25.0 Å². The molecular weight excluding hydrogens is 363 g/mol. The molecular formula is C21H24FN2O4+. The minimum Gasteiger partial charge on any atom is -0.454 e. The van der Waals surface area contributed by atoms with Crippen LogP contribution in [0.15, 0.2) is 36.4 Å². The fraction of sp³-hybridized carbons (Fsp3) is 0.333. The van der Waals surface area contributed by atoms with Gasteiger partial charge in [0.2, 0.25) is 6.79 Å². The van der Waals surface area contributed by atoms with E-state index in [4.69, 9.17) is 9.47 Å². The molecule has 3 N–H and O–H groups in total. The topological polar surface area (TPSA) is 81.2 Å². The van der Waals surface area contributed by atoms with Crippen LogP contribution in [0.2, 0.25) is 0 Å². The summed E-state index contributed by atoms with van der Waals surface area (Å²) >= 11 is 0. The van der Waals surface area contributed by atoms with Gasteiger partial charge in [0.05, 0.1) is 5.69 Å². The summed E-state index contributed by atoms with van der Waals surface area (Å²) in [6.45, 7) is 5.78. The molecule has 0 aromatic heterocycles. The Kier molecular flexibility index (Phi) is 5.94. The van der Waals surface area contributed by atoms with Gasteiger partial charge in [-0.05, 0) is 25.1 Å². The molecule has 7 heteroatoms. The van der Waals surface area contributed by atoms with Crippen LogP contribution in [0.25, 0.3) is 0 Å². The number of ether oxygens (including phenoxy) is 2. The number of hydrogen-bond acceptors (Lipinski definition) is 4. The molecule has 2 aromatic rings. The fourth-order valence-corrected chi connectivity index (χ4v) is 3.25. The van der Waals surface area contributed by atoms with Gasteiger partial charge in [0.1, 0.15) is 11.9 Å². The number of carbonyl (C=O) groups is 2. The van der Waals surface area contributed by atoms with Crippen molar-refractivity contribution < 1.29 is 28.8 Å². The van der Waals surface area contributed by atoms with Crippen molar-refractivity contribution in [1.82, 2.24) is 0 Å². The highest BCUT2D eigenvalue weighted by Gasteiger charge is 2.23. The highest BCUT2D eigenvalue weighted by atomic mass is 19.1. The Balaban J connectivity index is 1.70. The van der Waals surface area contributed by atoms with Crippen LogP contribution in [0.5, 0.6) is 11.5 Å². The monoisotopic (exact) mass is 387 g/mol. The second kappa shape index (κ2) is 8.39. The van der Waals surface area contributed by atoms with Crippen molar-refractivity contribution in [2.24, 2.45) is 5.92 Å². The number of fused-ring (bicyclic) bond motifs is 1. The zero-order chi connectivity index (χ0) is 20.3. The van der Waals surface area contributed by atoms with Crippen LogP contribution in [0.1, 0.15) is 42.7 Å². The zero-order valence-corrected chi connectivity index (χ0v) is 16.1. The molecule has 148 valence electrons. The number of Topliss-reactive ketones (excluding diaryl/α,β-unsaturated/α-hetero) is 1. The van der Waals surface area contributed by atoms with E-state index in [1.807, 2.05) is 19.2 Å². The summed E-state index contributed by atoms with van der Waals surface area (Å²) in [4.78, 5) is 24.4. The molecule has 1 amide bonds. The number of anilines is 1. The number of nitrogens with two attached hydrogens (primary N) is 1. The van der Waals surface area contributed by atoms with E-state index in [1.165, 1.54) is 19.1 Å². The van der Waals surface area contributed by atoms with Crippen molar-refractivity contribution in [3.63, 3.8) is 0 Å². The minimum atomic E-state index is -0.288. The van der Waals surface area contributed by atoms with Crippen molar-refractivity contribution in [3.8, 4) is 11.5 Å². The number of benzene rings is 2. The fourth-order valence-electron chi connectivity index (χ4n) is 3.25. The number of nitrogens with one attached hydrogen (secondary N) is 1. The van der Waals surface area contributed by atoms with Crippen LogP contribution in [-0.2, 0) is 4.79 Å². The summed E-state index contributed by atoms with van der Waals surface area (Å²) in [5.41, 5.74) is 1.73. The van der Waals surface area contributed by atoms with E-state index in [-0.39, 0.29) is 42.8 Å². The SMILES string of the molecule is CC(=O)c1cc2c(cc1NC(=O)C[NH2+][C@H](c1ccc(F)cc1)C(C)C)OCO2. The Bertz CT molecular complexity index is 881. The Morgan fingerprint density at radius 1 is 1.14 bits per heavy atom. The zero-order valence-electron chi connectivity index (χ0n) is 16.1. The Morgan fingerprint density at radius 2 is 1.79 bits per heavy atom. The lowest BCUT2D eigenvalue weighted by atomic mass is 9.96. The van der Waals surface area contributed by atoms with Gasteiger partial charge in [-0.3, -0.25) is 9.59 Å². The Morgan fingerprint density at radius 3 is 2.39 bits per heavy atom. The molecule has 1 atom stereocenters. The molecule has 0 bridgehead atoms. The molecule has 0 spiro atoms. The van der Waals surface area contributed by atoms with Crippen LogP contribution >= 0.6 is 0 Å². The number of ketones is 1. The molecule has 1 aliphatic heterocycles. The summed E-state index contributed by atoms with van der Waals surface area (Å²) in [5.74, 6) is 0.528. The molecule has 0 fully saturated rings. The summed E-state index contributed by atoms with van der Waals surface area (Å²) in [7, 11) is 0. The molecule has 0 saturated heterocycles. The molecule has 2 aromatic carbocycles. The number of rotatable bonds is 7. The predicted octanol–water partition coefficient (Wildman–Crippen LogP) is 2.66. The van der Waals surface area contributed by atoms with Crippen molar-refractivity contribution in [1.29, 1.82) is 0 Å². The lowest BCUT2D eigenvalue weighted by Crippen LogP contribution is -2.88. The first-order valence-corrected chi connectivity index (χ1v) is 9.18. The molecule has 1 aliphatic rings. The smallest absolute Gasteiger partial charge is 0.279 e. The first-order valence-electron chi connectivity index (χ1n) is 9.18. The first-order chi connectivity index (χ1) is 13.3. The van der Waals surface area contributed by atoms with Gasteiger partial charge in [0, 0.05) is 23.1 Å². The molecule has 28 heavy (non-hydrogen) atoms. The largest absolute Gasteiger partial charge is 0.454 e. The van der Waals surface area contributed by atoms with Gasteiger partial charge in [-0.1, -0.05) is 26.0 Å². The van der Waals surface area contributed by atoms with Gasteiger partial charge in [-0.15, -0.1) is 0 Å². The highest BCUT2D eigenvalue weighted by molar-refractivity contribution is 6.04. The van der Waals surface area contributed by atoms with Crippen molar-refractivity contribution >= 4 is 17.4 Å². The second-order valence-electron chi connectivity index (χ2n) is 7.12. The van der Waals surface area contributed by atoms with E-state index in [1.54, 1.807) is 24.3 Å². The molecule has 0 unspecified atom stereocenters. The van der Waals surface area contributed by atoms with Gasteiger partial charge in [-0.2, -0.15) is 0 Å². The van der Waals surface area contributed by atoms with Gasteiger partial charge >= 0.3 is 0 Å². The van der Waals surface area contributed by atoms with Crippen LogP contribution < -0.4 is 20.1 Å². The van der Waals surface area contributed by atoms with E-state index >= 15 is 0 Å². The summed E-state index contributed by atoms with van der Waals surface area (Å²) in [6, 6.07) is 9.51. The van der Waals surface area contributed by atoms with Crippen molar-refractivity contribution in [2.45, 2.75) is 26.8 Å². The van der Waals surface area contributed by atoms with Gasteiger partial charge in [0.15, 0.2) is 23.8 Å². The maximum Gasteiger partial charge on any atom is 0.279 e. The van der Waals surface area contributed by atoms with Gasteiger partial charge < -0.3 is 20.1 Å². The number of amides is 1. The predicted molar refractivity (Wildman–Crippen MR) is 102 cm³/mol. The van der Waals surface area contributed by atoms with E-state index < -0.39 is 0 Å². The van der Waals surface area contributed by atoms with Crippen molar-refractivity contribution in [2.75, 3.05) is 18.7 Å². The third-order valence-electron chi connectivity index (χ3n) is 4.70. The van der Waals surface area contributed by atoms with Crippen LogP contribution in [0.3, 0.4) is 0 Å². The summed E-state index contributed by atoms with van der Waals surface area (Å²) in [6.07, 6.45) is 0. The average molecular weight is 387 g/mol. The maximum absolute atomic E-state index is 13.2.